The van der Waals surface area contributed by atoms with Gasteiger partial charge in [0.15, 0.2) is 0 Å². The van der Waals surface area contributed by atoms with Crippen LogP contribution in [-0.4, -0.2) is 56.2 Å². The molecule has 26 heavy (non-hydrogen) atoms. The zero-order valence-electron chi connectivity index (χ0n) is 13.9. The average molecular weight is 369 g/mol. The van der Waals surface area contributed by atoms with Gasteiger partial charge in [0.1, 0.15) is 6.10 Å². The number of carbonyl (C=O) groups excluding carboxylic acids is 1. The lowest BCUT2D eigenvalue weighted by molar-refractivity contribution is -0.144. The van der Waals surface area contributed by atoms with E-state index in [0.717, 1.165) is 30.2 Å². The lowest BCUT2D eigenvalue weighted by Gasteiger charge is -2.34. The molecule has 7 nitrogen and oxygen atoms in total. The summed E-state index contributed by atoms with van der Waals surface area (Å²) < 4.78 is 45.3. The molecule has 4 heterocycles. The van der Waals surface area contributed by atoms with E-state index in [1.54, 1.807) is 11.0 Å². The third kappa shape index (κ3) is 3.13. The van der Waals surface area contributed by atoms with Crippen molar-refractivity contribution in [3.8, 4) is 0 Å². The predicted molar refractivity (Wildman–Crippen MR) is 83.3 cm³/mol. The van der Waals surface area contributed by atoms with E-state index in [2.05, 4.69) is 15.1 Å². The molecule has 4 rings (SSSR count). The van der Waals surface area contributed by atoms with E-state index in [1.807, 2.05) is 0 Å². The van der Waals surface area contributed by atoms with Crippen LogP contribution in [-0.2, 0) is 15.7 Å². The van der Waals surface area contributed by atoms with E-state index in [4.69, 9.17) is 4.74 Å². The molecule has 2 aromatic rings. The first-order chi connectivity index (χ1) is 12.4. The Morgan fingerprint density at radius 3 is 2.85 bits per heavy atom. The Morgan fingerprint density at radius 1 is 1.27 bits per heavy atom. The molecule has 0 unspecified atom stereocenters. The number of ether oxygens (including phenoxy) is 1. The minimum Gasteiger partial charge on any atom is -0.368 e. The van der Waals surface area contributed by atoms with E-state index < -0.39 is 18.1 Å². The maximum absolute atomic E-state index is 12.9. The van der Waals surface area contributed by atoms with Crippen LogP contribution in [0.5, 0.6) is 0 Å². The Bertz CT molecular complexity index is 816. The molecular weight excluding hydrogens is 351 g/mol. The molecule has 10 heteroatoms. The van der Waals surface area contributed by atoms with Crippen LogP contribution < -0.4 is 0 Å². The van der Waals surface area contributed by atoms with Crippen LogP contribution in [0, 0.1) is 0 Å². The van der Waals surface area contributed by atoms with Crippen LogP contribution in [0.15, 0.2) is 12.3 Å². The number of halogens is 3. The second-order valence-electron chi connectivity index (χ2n) is 6.64. The lowest BCUT2D eigenvalue weighted by atomic mass is 9.94. The average Bonchev–Trinajstić information content (AvgIpc) is 3.30. The van der Waals surface area contributed by atoms with Gasteiger partial charge in [0.2, 0.25) is 0 Å². The summed E-state index contributed by atoms with van der Waals surface area (Å²) in [5, 5.41) is 3.60. The van der Waals surface area contributed by atoms with Gasteiger partial charge >= 0.3 is 6.18 Å². The molecule has 0 bridgehead atoms. The highest BCUT2D eigenvalue weighted by atomic mass is 19.4. The van der Waals surface area contributed by atoms with Gasteiger partial charge in [0.25, 0.3) is 17.5 Å². The smallest absolute Gasteiger partial charge is 0.368 e. The lowest BCUT2D eigenvalue weighted by Crippen LogP contribution is -2.44. The number of rotatable bonds is 2. The fourth-order valence-corrected chi connectivity index (χ4v) is 3.64. The standard InChI is InChI=1S/C16H18F3N5O2/c17-16(18,19)14-21-15-20-6-5-11(24(15)22-14)10-3-1-7-23(9-10)13(25)12-4-2-8-26-12/h5-6,10,12H,1-4,7-9H2/t10-,12-/m0/s1. The quantitative estimate of drug-likeness (QED) is 0.810. The summed E-state index contributed by atoms with van der Waals surface area (Å²) in [6.45, 7) is 1.66. The molecule has 2 aromatic heterocycles. The normalized spacial score (nSPS) is 24.3. The van der Waals surface area contributed by atoms with Crippen LogP contribution >= 0.6 is 0 Å². The van der Waals surface area contributed by atoms with Gasteiger partial charge in [0, 0.05) is 31.8 Å². The molecule has 0 radical (unpaired) electrons. The van der Waals surface area contributed by atoms with Crippen LogP contribution in [0.25, 0.3) is 5.78 Å². The SMILES string of the molecule is O=C([C@@H]1CCCO1)N1CCC[C@H](c2ccnc3nc(C(F)(F)F)nn23)C1. The van der Waals surface area contributed by atoms with Gasteiger partial charge in [-0.15, -0.1) is 5.10 Å². The predicted octanol–water partition coefficient (Wildman–Crippen LogP) is 2.03. The van der Waals surface area contributed by atoms with Gasteiger partial charge in [-0.1, -0.05) is 0 Å². The summed E-state index contributed by atoms with van der Waals surface area (Å²) in [5.74, 6) is -1.45. The summed E-state index contributed by atoms with van der Waals surface area (Å²) in [6, 6.07) is 1.65. The van der Waals surface area contributed by atoms with Crippen LogP contribution in [0.1, 0.15) is 43.1 Å². The van der Waals surface area contributed by atoms with Gasteiger partial charge in [-0.2, -0.15) is 18.2 Å². The summed E-state index contributed by atoms with van der Waals surface area (Å²) in [6.07, 6.45) is -0.465. The van der Waals surface area contributed by atoms with Crippen molar-refractivity contribution >= 4 is 11.7 Å². The molecule has 0 spiro atoms. The van der Waals surface area contributed by atoms with Crippen molar-refractivity contribution in [3.05, 3.63) is 23.8 Å². The van der Waals surface area contributed by atoms with Gasteiger partial charge in [-0.05, 0) is 31.7 Å². The molecule has 2 fully saturated rings. The van der Waals surface area contributed by atoms with Gasteiger partial charge in [-0.25, -0.2) is 9.50 Å². The fraction of sp³-hybridized carbons (Fsp3) is 0.625. The zero-order chi connectivity index (χ0) is 18.3. The number of hydrogen-bond acceptors (Lipinski definition) is 5. The van der Waals surface area contributed by atoms with E-state index in [9.17, 15) is 18.0 Å². The highest BCUT2D eigenvalue weighted by molar-refractivity contribution is 5.81. The molecule has 0 saturated carbocycles. The Hall–Kier alpha value is -2.23. The number of likely N-dealkylation sites (tertiary alicyclic amines) is 1. The Labute approximate surface area is 147 Å². The van der Waals surface area contributed by atoms with Gasteiger partial charge in [-0.3, -0.25) is 4.79 Å². The minimum atomic E-state index is -4.63. The second-order valence-corrected chi connectivity index (χ2v) is 6.64. The largest absolute Gasteiger partial charge is 0.453 e. The molecule has 0 aliphatic carbocycles. The van der Waals surface area contributed by atoms with Crippen LogP contribution in [0.2, 0.25) is 0 Å². The summed E-state index contributed by atoms with van der Waals surface area (Å²) >= 11 is 0. The number of aromatic nitrogens is 4. The number of alkyl halides is 3. The number of fused-ring (bicyclic) bond motifs is 1. The molecular formula is C16H18F3N5O2. The van der Waals surface area contributed by atoms with Crippen molar-refractivity contribution in [1.29, 1.82) is 0 Å². The van der Waals surface area contributed by atoms with Crippen molar-refractivity contribution < 1.29 is 22.7 Å². The molecule has 0 aromatic carbocycles. The van der Waals surface area contributed by atoms with Crippen molar-refractivity contribution in [2.24, 2.45) is 0 Å². The van der Waals surface area contributed by atoms with Crippen LogP contribution in [0.3, 0.4) is 0 Å². The van der Waals surface area contributed by atoms with Crippen LogP contribution in [0.4, 0.5) is 13.2 Å². The first-order valence-corrected chi connectivity index (χ1v) is 8.63. The number of amides is 1. The molecule has 1 amide bonds. The number of hydrogen-bond donors (Lipinski definition) is 0. The van der Waals surface area contributed by atoms with E-state index in [-0.39, 0.29) is 17.6 Å². The first kappa shape index (κ1) is 17.2. The van der Waals surface area contributed by atoms with Crippen molar-refractivity contribution in [2.75, 3.05) is 19.7 Å². The third-order valence-corrected chi connectivity index (χ3v) is 4.88. The second kappa shape index (κ2) is 6.49. The highest BCUT2D eigenvalue weighted by Gasteiger charge is 2.37. The van der Waals surface area contributed by atoms with E-state index >= 15 is 0 Å². The zero-order valence-corrected chi connectivity index (χ0v) is 13.9. The molecule has 2 saturated heterocycles. The summed E-state index contributed by atoms with van der Waals surface area (Å²) in [5.41, 5.74) is 0.586. The number of nitrogens with zero attached hydrogens (tertiary/aromatic N) is 5. The molecule has 140 valence electrons. The minimum absolute atomic E-state index is 0.0351. The molecule has 0 N–H and O–H groups in total. The molecule has 2 atom stereocenters. The summed E-state index contributed by atoms with van der Waals surface area (Å²) in [7, 11) is 0. The van der Waals surface area contributed by atoms with Gasteiger partial charge < -0.3 is 9.64 Å². The highest BCUT2D eigenvalue weighted by Crippen LogP contribution is 2.30. The van der Waals surface area contributed by atoms with E-state index in [1.165, 1.54) is 6.20 Å². The monoisotopic (exact) mass is 369 g/mol. The Balaban J connectivity index is 1.60. The Morgan fingerprint density at radius 2 is 2.12 bits per heavy atom. The van der Waals surface area contributed by atoms with Gasteiger partial charge in [0.05, 0.1) is 5.69 Å². The Kier molecular flexibility index (Phi) is 4.29. The first-order valence-electron chi connectivity index (χ1n) is 8.63. The third-order valence-electron chi connectivity index (χ3n) is 4.88. The maximum Gasteiger partial charge on any atom is 0.453 e. The van der Waals surface area contributed by atoms with E-state index in [0.29, 0.717) is 25.4 Å². The molecule has 2 aliphatic heterocycles. The van der Waals surface area contributed by atoms with Crippen molar-refractivity contribution in [2.45, 2.75) is 43.9 Å². The molecule has 2 aliphatic rings. The fourth-order valence-electron chi connectivity index (χ4n) is 3.64. The topological polar surface area (TPSA) is 72.6 Å². The van der Waals surface area contributed by atoms with Crippen molar-refractivity contribution in [1.82, 2.24) is 24.5 Å². The number of carbonyl (C=O) groups is 1. The van der Waals surface area contributed by atoms with Crippen molar-refractivity contribution in [3.63, 3.8) is 0 Å². The summed E-state index contributed by atoms with van der Waals surface area (Å²) in [4.78, 5) is 21.7. The number of piperidine rings is 1. The maximum atomic E-state index is 12.9.